The van der Waals surface area contributed by atoms with Gasteiger partial charge in [0.15, 0.2) is 11.1 Å². The molecule has 2 N–H and O–H groups in total. The van der Waals surface area contributed by atoms with E-state index in [2.05, 4.69) is 10.2 Å². The van der Waals surface area contributed by atoms with Crippen molar-refractivity contribution in [1.82, 2.24) is 10.2 Å². The van der Waals surface area contributed by atoms with Crippen LogP contribution >= 0.6 is 0 Å². The lowest BCUT2D eigenvalue weighted by atomic mass is 10.4. The van der Waals surface area contributed by atoms with Gasteiger partial charge in [0.05, 0.1) is 0 Å². The van der Waals surface area contributed by atoms with Crippen LogP contribution in [0.4, 0.5) is 0 Å². The Morgan fingerprint density at radius 2 is 2.45 bits per heavy atom. The van der Waals surface area contributed by atoms with E-state index in [9.17, 15) is 4.21 Å². The molecule has 2 atom stereocenters. The molecule has 1 aliphatic rings. The lowest BCUT2D eigenvalue weighted by Gasteiger charge is -2.16. The fourth-order valence-corrected chi connectivity index (χ4v) is 1.83. The monoisotopic (exact) mass is 178 g/mol. The molecule has 1 saturated heterocycles. The Bertz CT molecular complexity index is 154. The first-order valence-electron chi connectivity index (χ1n) is 3.72. The summed E-state index contributed by atoms with van der Waals surface area (Å²) in [7, 11) is 1.97. The van der Waals surface area contributed by atoms with Gasteiger partial charge < -0.3 is 14.8 Å². The number of hydrogen-bond donors (Lipinski definition) is 2. The van der Waals surface area contributed by atoms with Gasteiger partial charge in [-0.3, -0.25) is 0 Å². The topological polar surface area (TPSA) is 52.6 Å². The molecule has 0 aliphatic carbocycles. The number of nitrogens with zero attached hydrogens (tertiary/aromatic N) is 1. The zero-order chi connectivity index (χ0) is 8.27. The second-order valence-electron chi connectivity index (χ2n) is 2.83. The van der Waals surface area contributed by atoms with Crippen molar-refractivity contribution in [3.05, 3.63) is 0 Å². The molecule has 0 aromatic carbocycles. The highest BCUT2D eigenvalue weighted by Gasteiger charge is 2.18. The molecule has 2 unspecified atom stereocenters. The highest BCUT2D eigenvalue weighted by atomic mass is 32.2. The Labute approximate surface area is 69.2 Å². The minimum absolute atomic E-state index is 0.275. The van der Waals surface area contributed by atoms with Crippen molar-refractivity contribution < 1.29 is 8.76 Å². The highest BCUT2D eigenvalue weighted by Crippen LogP contribution is 1.99. The second kappa shape index (κ2) is 4.15. The predicted octanol–water partition coefficient (Wildman–Crippen LogP) is -0.541. The second-order valence-corrected chi connectivity index (χ2v) is 3.96. The fraction of sp³-hybridized carbons (Fsp3) is 1.00. The van der Waals surface area contributed by atoms with Gasteiger partial charge in [-0.25, -0.2) is 4.21 Å². The van der Waals surface area contributed by atoms with Crippen LogP contribution in [-0.4, -0.2) is 45.7 Å². The lowest BCUT2D eigenvalue weighted by Crippen LogP contribution is -2.39. The first-order valence-corrected chi connectivity index (χ1v) is 4.88. The van der Waals surface area contributed by atoms with Crippen LogP contribution in [0.3, 0.4) is 0 Å². The van der Waals surface area contributed by atoms with E-state index in [0.29, 0.717) is 6.54 Å². The molecule has 0 bridgehead atoms. The van der Waals surface area contributed by atoms with Crippen molar-refractivity contribution in [2.75, 3.05) is 26.7 Å². The Morgan fingerprint density at radius 3 is 3.09 bits per heavy atom. The summed E-state index contributed by atoms with van der Waals surface area (Å²) in [5, 5.41) is 2.74. The summed E-state index contributed by atoms with van der Waals surface area (Å²) in [6, 6.07) is 0. The molecule has 1 aliphatic heterocycles. The fourth-order valence-electron chi connectivity index (χ4n) is 1.19. The van der Waals surface area contributed by atoms with Crippen LogP contribution in [0.1, 0.15) is 6.42 Å². The highest BCUT2D eigenvalue weighted by molar-refractivity contribution is 7.79. The Hall–Kier alpha value is 0.0300. The first-order chi connectivity index (χ1) is 5.20. The molecule has 4 nitrogen and oxygen atoms in total. The van der Waals surface area contributed by atoms with Crippen LogP contribution in [0.2, 0.25) is 0 Å². The molecule has 1 rings (SSSR count). The normalized spacial score (nSPS) is 31.3. The molecule has 0 aromatic rings. The zero-order valence-corrected chi connectivity index (χ0v) is 7.43. The van der Waals surface area contributed by atoms with Gasteiger partial charge in [0.1, 0.15) is 5.37 Å². The lowest BCUT2D eigenvalue weighted by molar-refractivity contribution is 0.345. The maximum atomic E-state index is 10.7. The van der Waals surface area contributed by atoms with Gasteiger partial charge in [-0.1, -0.05) is 0 Å². The SMILES string of the molecule is CN1CCCNC(S(=O)O)C1. The average Bonchev–Trinajstić information content (AvgIpc) is 2.13. The van der Waals surface area contributed by atoms with Crippen molar-refractivity contribution >= 4 is 11.1 Å². The summed E-state index contributed by atoms with van der Waals surface area (Å²) in [5.74, 6) is 0. The smallest absolute Gasteiger partial charge is 0.171 e. The molecule has 0 aromatic heterocycles. The summed E-state index contributed by atoms with van der Waals surface area (Å²) in [5.41, 5.74) is 0. The van der Waals surface area contributed by atoms with E-state index >= 15 is 0 Å². The van der Waals surface area contributed by atoms with Gasteiger partial charge in [0.25, 0.3) is 0 Å². The van der Waals surface area contributed by atoms with Crippen LogP contribution in [-0.2, 0) is 11.1 Å². The van der Waals surface area contributed by atoms with Crippen molar-refractivity contribution in [1.29, 1.82) is 0 Å². The Kier molecular flexibility index (Phi) is 3.45. The molecule has 0 saturated carbocycles. The Balaban J connectivity index is 2.45. The van der Waals surface area contributed by atoms with Crippen LogP contribution < -0.4 is 5.32 Å². The average molecular weight is 178 g/mol. The van der Waals surface area contributed by atoms with Gasteiger partial charge in [-0.05, 0) is 26.6 Å². The standard InChI is InChI=1S/C6H14N2O2S/c1-8-4-2-3-7-6(5-8)11(9)10/h6-7H,2-5H2,1H3,(H,9,10). The third-order valence-electron chi connectivity index (χ3n) is 1.81. The van der Waals surface area contributed by atoms with Gasteiger partial charge in [-0.15, -0.1) is 0 Å². The number of nitrogens with one attached hydrogen (secondary N) is 1. The number of rotatable bonds is 1. The summed E-state index contributed by atoms with van der Waals surface area (Å²) >= 11 is -1.74. The molecule has 11 heavy (non-hydrogen) atoms. The maximum absolute atomic E-state index is 10.7. The minimum Gasteiger partial charge on any atom is -0.305 e. The van der Waals surface area contributed by atoms with Crippen LogP contribution in [0.25, 0.3) is 0 Å². The van der Waals surface area contributed by atoms with Crippen LogP contribution in [0.5, 0.6) is 0 Å². The van der Waals surface area contributed by atoms with E-state index in [4.69, 9.17) is 4.55 Å². The Morgan fingerprint density at radius 1 is 1.73 bits per heavy atom. The quantitative estimate of drug-likeness (QED) is 0.529. The third kappa shape index (κ3) is 2.86. The predicted molar refractivity (Wildman–Crippen MR) is 44.7 cm³/mol. The summed E-state index contributed by atoms with van der Waals surface area (Å²) in [6.45, 7) is 2.49. The molecular formula is C6H14N2O2S. The molecule has 0 spiro atoms. The van der Waals surface area contributed by atoms with E-state index in [1.807, 2.05) is 7.05 Å². The molecule has 0 radical (unpaired) electrons. The van der Waals surface area contributed by atoms with E-state index in [1.54, 1.807) is 0 Å². The van der Waals surface area contributed by atoms with Crippen molar-refractivity contribution in [2.24, 2.45) is 0 Å². The minimum atomic E-state index is -1.74. The van der Waals surface area contributed by atoms with Gasteiger partial charge >= 0.3 is 0 Å². The van der Waals surface area contributed by atoms with E-state index in [1.165, 1.54) is 0 Å². The summed E-state index contributed by atoms with van der Waals surface area (Å²) in [6.07, 6.45) is 1.05. The van der Waals surface area contributed by atoms with E-state index in [-0.39, 0.29) is 5.37 Å². The first kappa shape index (κ1) is 9.12. The molecule has 0 amide bonds. The largest absolute Gasteiger partial charge is 0.305 e. The van der Waals surface area contributed by atoms with Gasteiger partial charge in [0.2, 0.25) is 0 Å². The molecule has 66 valence electrons. The molecule has 1 heterocycles. The molecule has 1 fully saturated rings. The van der Waals surface area contributed by atoms with Crippen LogP contribution in [0.15, 0.2) is 0 Å². The maximum Gasteiger partial charge on any atom is 0.171 e. The third-order valence-corrected chi connectivity index (χ3v) is 2.61. The van der Waals surface area contributed by atoms with Crippen molar-refractivity contribution in [2.45, 2.75) is 11.8 Å². The van der Waals surface area contributed by atoms with E-state index < -0.39 is 11.1 Å². The van der Waals surface area contributed by atoms with Gasteiger partial charge in [-0.2, -0.15) is 0 Å². The van der Waals surface area contributed by atoms with E-state index in [0.717, 1.165) is 19.5 Å². The molecule has 5 heteroatoms. The summed E-state index contributed by atoms with van der Waals surface area (Å²) in [4.78, 5) is 2.07. The van der Waals surface area contributed by atoms with Crippen LogP contribution in [0, 0.1) is 0 Å². The van der Waals surface area contributed by atoms with Crippen molar-refractivity contribution in [3.8, 4) is 0 Å². The number of hydrogen-bond acceptors (Lipinski definition) is 3. The van der Waals surface area contributed by atoms with Crippen molar-refractivity contribution in [3.63, 3.8) is 0 Å². The van der Waals surface area contributed by atoms with Gasteiger partial charge in [0, 0.05) is 6.54 Å². The zero-order valence-electron chi connectivity index (χ0n) is 6.62. The molecular weight excluding hydrogens is 164 g/mol. The number of likely N-dealkylation sites (N-methyl/N-ethyl adjacent to an activating group) is 1. The summed E-state index contributed by atoms with van der Waals surface area (Å²) < 4.78 is 19.5.